The first kappa shape index (κ1) is 12.5. The van der Waals surface area contributed by atoms with Crippen molar-refractivity contribution in [3.63, 3.8) is 0 Å². The molecule has 1 fully saturated rings. The summed E-state index contributed by atoms with van der Waals surface area (Å²) in [4.78, 5) is 13.7. The lowest BCUT2D eigenvalue weighted by molar-refractivity contribution is -0.139. The number of nitrogens with two attached hydrogens (primary N) is 1. The number of amides is 1. The van der Waals surface area contributed by atoms with E-state index in [1.165, 1.54) is 0 Å². The standard InChI is InChI=1S/C11H22N2O2/c1-3-9(6-12)11(15)13-5-4-8(2)10(14)7-13/h8-10,14H,3-7,12H2,1-2H3. The molecule has 1 amide bonds. The van der Waals surface area contributed by atoms with Gasteiger partial charge in [-0.2, -0.15) is 0 Å². The first-order valence-corrected chi connectivity index (χ1v) is 5.77. The first-order chi connectivity index (χ1) is 7.10. The van der Waals surface area contributed by atoms with E-state index >= 15 is 0 Å². The van der Waals surface area contributed by atoms with E-state index in [4.69, 9.17) is 5.73 Å². The molecule has 0 aromatic carbocycles. The van der Waals surface area contributed by atoms with E-state index in [0.717, 1.165) is 19.4 Å². The van der Waals surface area contributed by atoms with Gasteiger partial charge in [0.1, 0.15) is 0 Å². The molecule has 4 nitrogen and oxygen atoms in total. The summed E-state index contributed by atoms with van der Waals surface area (Å²) >= 11 is 0. The first-order valence-electron chi connectivity index (χ1n) is 5.77. The Morgan fingerprint density at radius 2 is 2.33 bits per heavy atom. The van der Waals surface area contributed by atoms with Crippen LogP contribution in [0, 0.1) is 11.8 Å². The average Bonchev–Trinajstić information content (AvgIpc) is 2.23. The predicted octanol–water partition coefficient (Wildman–Crippen LogP) is 0.201. The molecule has 0 spiro atoms. The molecule has 3 unspecified atom stereocenters. The Balaban J connectivity index is 2.53. The highest BCUT2D eigenvalue weighted by Gasteiger charge is 2.29. The van der Waals surface area contributed by atoms with Crippen molar-refractivity contribution in [3.05, 3.63) is 0 Å². The Hall–Kier alpha value is -0.610. The molecule has 0 radical (unpaired) electrons. The molecule has 1 saturated heterocycles. The topological polar surface area (TPSA) is 66.6 Å². The number of carbonyl (C=O) groups excluding carboxylic acids is 1. The average molecular weight is 214 g/mol. The molecule has 3 atom stereocenters. The van der Waals surface area contributed by atoms with Gasteiger partial charge in [-0.25, -0.2) is 0 Å². The van der Waals surface area contributed by atoms with Crippen LogP contribution < -0.4 is 5.73 Å². The summed E-state index contributed by atoms with van der Waals surface area (Å²) in [6.45, 7) is 5.62. The third-order valence-corrected chi connectivity index (χ3v) is 3.36. The number of rotatable bonds is 3. The number of nitrogens with zero attached hydrogens (tertiary/aromatic N) is 1. The molecule has 0 aromatic rings. The van der Waals surface area contributed by atoms with Gasteiger partial charge in [0.2, 0.25) is 5.91 Å². The summed E-state index contributed by atoms with van der Waals surface area (Å²) < 4.78 is 0. The second kappa shape index (κ2) is 5.47. The second-order valence-corrected chi connectivity index (χ2v) is 4.46. The molecule has 0 saturated carbocycles. The lowest BCUT2D eigenvalue weighted by Gasteiger charge is -2.35. The lowest BCUT2D eigenvalue weighted by Crippen LogP contribution is -2.48. The monoisotopic (exact) mass is 214 g/mol. The van der Waals surface area contributed by atoms with Gasteiger partial charge in [0.15, 0.2) is 0 Å². The number of aliphatic hydroxyl groups is 1. The van der Waals surface area contributed by atoms with E-state index in [0.29, 0.717) is 19.0 Å². The van der Waals surface area contributed by atoms with Crippen LogP contribution in [-0.4, -0.2) is 41.7 Å². The zero-order chi connectivity index (χ0) is 11.4. The zero-order valence-electron chi connectivity index (χ0n) is 9.65. The molecule has 1 aliphatic heterocycles. The molecule has 0 aromatic heterocycles. The van der Waals surface area contributed by atoms with E-state index in [1.807, 2.05) is 13.8 Å². The molecular formula is C11H22N2O2. The summed E-state index contributed by atoms with van der Waals surface area (Å²) in [5, 5.41) is 9.70. The maximum atomic E-state index is 11.9. The maximum Gasteiger partial charge on any atom is 0.227 e. The van der Waals surface area contributed by atoms with Crippen molar-refractivity contribution in [2.45, 2.75) is 32.8 Å². The normalized spacial score (nSPS) is 28.9. The minimum Gasteiger partial charge on any atom is -0.391 e. The summed E-state index contributed by atoms with van der Waals surface area (Å²) in [7, 11) is 0. The third kappa shape index (κ3) is 2.92. The smallest absolute Gasteiger partial charge is 0.227 e. The highest BCUT2D eigenvalue weighted by Crippen LogP contribution is 2.19. The molecule has 3 N–H and O–H groups in total. The van der Waals surface area contributed by atoms with Crippen LogP contribution in [0.25, 0.3) is 0 Å². The summed E-state index contributed by atoms with van der Waals surface area (Å²) in [6.07, 6.45) is 1.28. The predicted molar refractivity (Wildman–Crippen MR) is 59.2 cm³/mol. The van der Waals surface area contributed by atoms with Gasteiger partial charge in [0.05, 0.1) is 12.0 Å². The van der Waals surface area contributed by atoms with Gasteiger partial charge in [-0.3, -0.25) is 4.79 Å². The van der Waals surface area contributed by atoms with Crippen molar-refractivity contribution in [1.29, 1.82) is 0 Å². The zero-order valence-corrected chi connectivity index (χ0v) is 9.65. The van der Waals surface area contributed by atoms with Crippen LogP contribution in [0.15, 0.2) is 0 Å². The van der Waals surface area contributed by atoms with Gasteiger partial charge in [0.25, 0.3) is 0 Å². The van der Waals surface area contributed by atoms with Crippen LogP contribution in [-0.2, 0) is 4.79 Å². The van der Waals surface area contributed by atoms with Gasteiger partial charge in [-0.15, -0.1) is 0 Å². The van der Waals surface area contributed by atoms with Crippen LogP contribution in [0.4, 0.5) is 0 Å². The number of β-amino-alcohol motifs (C(OH)–C–C–N with tert-alkyl or cyclic N) is 1. The number of hydrogen-bond acceptors (Lipinski definition) is 3. The molecular weight excluding hydrogens is 192 g/mol. The number of piperidine rings is 1. The molecule has 88 valence electrons. The Morgan fingerprint density at radius 3 is 2.80 bits per heavy atom. The fraction of sp³-hybridized carbons (Fsp3) is 0.909. The molecule has 0 bridgehead atoms. The van der Waals surface area contributed by atoms with Crippen LogP contribution >= 0.6 is 0 Å². The maximum absolute atomic E-state index is 11.9. The summed E-state index contributed by atoms with van der Waals surface area (Å²) in [5.74, 6) is 0.323. The number of hydrogen-bond donors (Lipinski definition) is 2. The Kier molecular flexibility index (Phi) is 4.54. The Morgan fingerprint density at radius 1 is 1.67 bits per heavy atom. The minimum atomic E-state index is -0.377. The molecule has 4 heteroatoms. The Labute approximate surface area is 91.4 Å². The molecule has 1 aliphatic rings. The highest BCUT2D eigenvalue weighted by atomic mass is 16.3. The molecule has 0 aliphatic carbocycles. The van der Waals surface area contributed by atoms with Crippen molar-refractivity contribution >= 4 is 5.91 Å². The summed E-state index contributed by atoms with van der Waals surface area (Å²) in [5.41, 5.74) is 5.54. The van der Waals surface area contributed by atoms with Crippen LogP contribution in [0.2, 0.25) is 0 Å². The van der Waals surface area contributed by atoms with Crippen molar-refractivity contribution in [1.82, 2.24) is 4.90 Å². The van der Waals surface area contributed by atoms with Crippen molar-refractivity contribution in [3.8, 4) is 0 Å². The molecule has 1 heterocycles. The summed E-state index contributed by atoms with van der Waals surface area (Å²) in [6, 6.07) is 0. The van der Waals surface area contributed by atoms with Gasteiger partial charge >= 0.3 is 0 Å². The van der Waals surface area contributed by atoms with Crippen molar-refractivity contribution < 1.29 is 9.90 Å². The van der Waals surface area contributed by atoms with Gasteiger partial charge in [-0.05, 0) is 18.8 Å². The minimum absolute atomic E-state index is 0.0781. The highest BCUT2D eigenvalue weighted by molar-refractivity contribution is 5.79. The van der Waals surface area contributed by atoms with E-state index in [-0.39, 0.29) is 17.9 Å². The fourth-order valence-electron chi connectivity index (χ4n) is 1.95. The van der Waals surface area contributed by atoms with Gasteiger partial charge in [-0.1, -0.05) is 13.8 Å². The van der Waals surface area contributed by atoms with Crippen LogP contribution in [0.1, 0.15) is 26.7 Å². The number of likely N-dealkylation sites (tertiary alicyclic amines) is 1. The Bertz CT molecular complexity index is 217. The van der Waals surface area contributed by atoms with Crippen molar-refractivity contribution in [2.24, 2.45) is 17.6 Å². The van der Waals surface area contributed by atoms with Crippen LogP contribution in [0.3, 0.4) is 0 Å². The quantitative estimate of drug-likeness (QED) is 0.705. The van der Waals surface area contributed by atoms with Gasteiger partial charge < -0.3 is 15.7 Å². The molecule has 1 rings (SSSR count). The largest absolute Gasteiger partial charge is 0.391 e. The van der Waals surface area contributed by atoms with Crippen LogP contribution in [0.5, 0.6) is 0 Å². The van der Waals surface area contributed by atoms with Crippen molar-refractivity contribution in [2.75, 3.05) is 19.6 Å². The number of carbonyl (C=O) groups is 1. The number of aliphatic hydroxyl groups excluding tert-OH is 1. The molecule has 15 heavy (non-hydrogen) atoms. The van der Waals surface area contributed by atoms with Gasteiger partial charge in [0, 0.05) is 19.6 Å². The van der Waals surface area contributed by atoms with E-state index in [9.17, 15) is 9.90 Å². The third-order valence-electron chi connectivity index (χ3n) is 3.36. The fourth-order valence-corrected chi connectivity index (χ4v) is 1.95. The van der Waals surface area contributed by atoms with E-state index in [2.05, 4.69) is 0 Å². The van der Waals surface area contributed by atoms with E-state index in [1.54, 1.807) is 4.90 Å². The second-order valence-electron chi connectivity index (χ2n) is 4.46. The van der Waals surface area contributed by atoms with E-state index < -0.39 is 0 Å². The SMILES string of the molecule is CCC(CN)C(=O)N1CCC(C)C(O)C1. The lowest BCUT2D eigenvalue weighted by atomic mass is 9.94.